The van der Waals surface area contributed by atoms with E-state index in [1.807, 2.05) is 13.0 Å². The first-order chi connectivity index (χ1) is 8.70. The van der Waals surface area contributed by atoms with Crippen molar-refractivity contribution in [3.63, 3.8) is 0 Å². The molecule has 2 fully saturated rings. The quantitative estimate of drug-likeness (QED) is 0.856. The Morgan fingerprint density at radius 1 is 1.50 bits per heavy atom. The molecule has 1 amide bonds. The van der Waals surface area contributed by atoms with E-state index >= 15 is 0 Å². The summed E-state index contributed by atoms with van der Waals surface area (Å²) in [7, 11) is 0. The molecule has 1 aromatic rings. The molecule has 2 saturated carbocycles. The molecule has 18 heavy (non-hydrogen) atoms. The molecule has 1 aromatic heterocycles. The molecule has 4 heteroatoms. The number of nitrogens with zero attached hydrogens (tertiary/aromatic N) is 1. The second-order valence-electron chi connectivity index (χ2n) is 5.96. The zero-order valence-corrected chi connectivity index (χ0v) is 10.9. The Bertz CT molecular complexity index is 440. The van der Waals surface area contributed by atoms with Crippen LogP contribution < -0.4 is 5.32 Å². The molecule has 4 nitrogen and oxygen atoms in total. The minimum atomic E-state index is 0.188. The lowest BCUT2D eigenvalue weighted by Crippen LogP contribution is -2.27. The Labute approximate surface area is 108 Å². The normalized spacial score (nSPS) is 29.7. The lowest BCUT2D eigenvalue weighted by atomic mass is 9.86. The van der Waals surface area contributed by atoms with Gasteiger partial charge in [-0.1, -0.05) is 6.42 Å². The summed E-state index contributed by atoms with van der Waals surface area (Å²) in [5.41, 5.74) is 1.95. The van der Waals surface area contributed by atoms with E-state index < -0.39 is 0 Å². The van der Waals surface area contributed by atoms with Crippen LogP contribution in [0.5, 0.6) is 0 Å². The Balaban J connectivity index is 1.45. The van der Waals surface area contributed by atoms with Crippen LogP contribution in [-0.2, 0) is 11.3 Å². The van der Waals surface area contributed by atoms with Gasteiger partial charge in [0.15, 0.2) is 0 Å². The zero-order chi connectivity index (χ0) is 12.5. The fourth-order valence-corrected chi connectivity index (χ4v) is 3.69. The van der Waals surface area contributed by atoms with Crippen LogP contribution in [0.15, 0.2) is 6.07 Å². The molecule has 3 atom stereocenters. The van der Waals surface area contributed by atoms with Crippen molar-refractivity contribution in [2.45, 2.75) is 45.6 Å². The first kappa shape index (κ1) is 11.8. The van der Waals surface area contributed by atoms with Gasteiger partial charge in [0.2, 0.25) is 5.91 Å². The summed E-state index contributed by atoms with van der Waals surface area (Å²) in [6, 6.07) is 1.97. The van der Waals surface area contributed by atoms with Crippen molar-refractivity contribution in [1.29, 1.82) is 0 Å². The Morgan fingerprint density at radius 3 is 3.00 bits per heavy atom. The van der Waals surface area contributed by atoms with Gasteiger partial charge in [0, 0.05) is 12.1 Å². The number of carbonyl (C=O) groups is 1. The molecule has 0 radical (unpaired) electrons. The van der Waals surface area contributed by atoms with Crippen molar-refractivity contribution in [2.24, 2.45) is 17.8 Å². The molecule has 2 N–H and O–H groups in total. The van der Waals surface area contributed by atoms with Crippen LogP contribution in [-0.4, -0.2) is 16.1 Å². The van der Waals surface area contributed by atoms with Crippen LogP contribution in [0.4, 0.5) is 0 Å². The van der Waals surface area contributed by atoms with Crippen molar-refractivity contribution in [2.75, 3.05) is 0 Å². The number of nitrogens with one attached hydrogen (secondary N) is 2. The largest absolute Gasteiger partial charge is 0.350 e. The molecule has 3 rings (SSSR count). The molecule has 0 aromatic carbocycles. The van der Waals surface area contributed by atoms with E-state index in [4.69, 9.17) is 0 Å². The summed E-state index contributed by atoms with van der Waals surface area (Å²) in [5, 5.41) is 9.98. The number of hydrogen-bond donors (Lipinski definition) is 2. The molecule has 2 aliphatic carbocycles. The van der Waals surface area contributed by atoms with Gasteiger partial charge in [0.05, 0.1) is 12.2 Å². The number of hydrogen-bond acceptors (Lipinski definition) is 2. The second-order valence-corrected chi connectivity index (χ2v) is 5.96. The molecule has 98 valence electrons. The number of fused-ring (bicyclic) bond motifs is 2. The van der Waals surface area contributed by atoms with Crippen LogP contribution in [0.3, 0.4) is 0 Å². The second kappa shape index (κ2) is 4.75. The van der Waals surface area contributed by atoms with Gasteiger partial charge in [-0.3, -0.25) is 9.89 Å². The predicted molar refractivity (Wildman–Crippen MR) is 68.7 cm³/mol. The molecule has 2 aliphatic rings. The summed E-state index contributed by atoms with van der Waals surface area (Å²) < 4.78 is 0. The summed E-state index contributed by atoms with van der Waals surface area (Å²) in [4.78, 5) is 11.9. The zero-order valence-electron chi connectivity index (χ0n) is 10.9. The van der Waals surface area contributed by atoms with Gasteiger partial charge in [-0.2, -0.15) is 5.10 Å². The van der Waals surface area contributed by atoms with Crippen LogP contribution in [0, 0.1) is 24.7 Å². The molecular formula is C14H21N3O. The lowest BCUT2D eigenvalue weighted by Gasteiger charge is -2.20. The SMILES string of the molecule is Cc1cc(CNC(=O)C[C@@H]2C[C@H]3CC[C@@H]2C3)n[nH]1. The van der Waals surface area contributed by atoms with Crippen molar-refractivity contribution in [3.8, 4) is 0 Å². The number of amides is 1. The van der Waals surface area contributed by atoms with Gasteiger partial charge in [-0.15, -0.1) is 0 Å². The minimum absolute atomic E-state index is 0.188. The highest BCUT2D eigenvalue weighted by atomic mass is 16.1. The van der Waals surface area contributed by atoms with E-state index in [1.54, 1.807) is 0 Å². The maximum atomic E-state index is 11.9. The van der Waals surface area contributed by atoms with Gasteiger partial charge in [0.1, 0.15) is 0 Å². The molecule has 0 saturated heterocycles. The third kappa shape index (κ3) is 2.42. The molecule has 1 heterocycles. The van der Waals surface area contributed by atoms with Crippen LogP contribution in [0.2, 0.25) is 0 Å². The Morgan fingerprint density at radius 2 is 2.39 bits per heavy atom. The van der Waals surface area contributed by atoms with E-state index in [0.717, 1.165) is 23.2 Å². The summed E-state index contributed by atoms with van der Waals surface area (Å²) in [5.74, 6) is 2.58. The molecular weight excluding hydrogens is 226 g/mol. The fourth-order valence-electron chi connectivity index (χ4n) is 3.69. The topological polar surface area (TPSA) is 57.8 Å². The van der Waals surface area contributed by atoms with Crippen LogP contribution in [0.25, 0.3) is 0 Å². The smallest absolute Gasteiger partial charge is 0.220 e. The van der Waals surface area contributed by atoms with Crippen molar-refractivity contribution in [3.05, 3.63) is 17.5 Å². The molecule has 0 spiro atoms. The van der Waals surface area contributed by atoms with Gasteiger partial charge < -0.3 is 5.32 Å². The minimum Gasteiger partial charge on any atom is -0.350 e. The Hall–Kier alpha value is -1.32. The highest BCUT2D eigenvalue weighted by molar-refractivity contribution is 5.76. The third-order valence-corrected chi connectivity index (χ3v) is 4.56. The summed E-state index contributed by atoms with van der Waals surface area (Å²) >= 11 is 0. The number of aryl methyl sites for hydroxylation is 1. The van der Waals surface area contributed by atoms with Gasteiger partial charge in [-0.25, -0.2) is 0 Å². The molecule has 2 bridgehead atoms. The maximum absolute atomic E-state index is 11.9. The highest BCUT2D eigenvalue weighted by Crippen LogP contribution is 2.49. The third-order valence-electron chi connectivity index (χ3n) is 4.56. The Kier molecular flexibility index (Phi) is 3.10. The van der Waals surface area contributed by atoms with E-state index in [9.17, 15) is 4.79 Å². The van der Waals surface area contributed by atoms with E-state index in [1.165, 1.54) is 25.7 Å². The standard InChI is InChI=1S/C14H21N3O/c1-9-4-13(17-16-9)8-15-14(18)7-12-6-10-2-3-11(12)5-10/h4,10-12H,2-3,5-8H2,1H3,(H,15,18)(H,16,17)/t10-,11+,12-/m0/s1. The van der Waals surface area contributed by atoms with E-state index in [0.29, 0.717) is 18.9 Å². The van der Waals surface area contributed by atoms with Crippen molar-refractivity contribution >= 4 is 5.91 Å². The lowest BCUT2D eigenvalue weighted by molar-refractivity contribution is -0.122. The van der Waals surface area contributed by atoms with E-state index in [-0.39, 0.29) is 5.91 Å². The first-order valence-corrected chi connectivity index (χ1v) is 6.98. The summed E-state index contributed by atoms with van der Waals surface area (Å²) in [6.07, 6.45) is 6.11. The van der Waals surface area contributed by atoms with Gasteiger partial charge in [0.25, 0.3) is 0 Å². The van der Waals surface area contributed by atoms with Crippen LogP contribution >= 0.6 is 0 Å². The number of carbonyl (C=O) groups excluding carboxylic acids is 1. The first-order valence-electron chi connectivity index (χ1n) is 6.98. The van der Waals surface area contributed by atoms with Crippen molar-refractivity contribution < 1.29 is 4.79 Å². The van der Waals surface area contributed by atoms with Crippen LogP contribution in [0.1, 0.15) is 43.5 Å². The number of aromatic nitrogens is 2. The number of rotatable bonds is 4. The van der Waals surface area contributed by atoms with E-state index in [2.05, 4.69) is 15.5 Å². The van der Waals surface area contributed by atoms with Gasteiger partial charge in [-0.05, 0) is 50.0 Å². The summed E-state index contributed by atoms with van der Waals surface area (Å²) in [6.45, 7) is 2.51. The molecule has 0 aliphatic heterocycles. The number of aromatic amines is 1. The average molecular weight is 247 g/mol. The number of H-pyrrole nitrogens is 1. The fraction of sp³-hybridized carbons (Fsp3) is 0.714. The average Bonchev–Trinajstić information content (AvgIpc) is 3.03. The van der Waals surface area contributed by atoms with Crippen molar-refractivity contribution in [1.82, 2.24) is 15.5 Å². The monoisotopic (exact) mass is 247 g/mol. The van der Waals surface area contributed by atoms with Gasteiger partial charge >= 0.3 is 0 Å². The predicted octanol–water partition coefficient (Wildman–Crippen LogP) is 2.16. The highest BCUT2D eigenvalue weighted by Gasteiger charge is 2.39. The molecule has 0 unspecified atom stereocenters. The maximum Gasteiger partial charge on any atom is 0.220 e.